The van der Waals surface area contributed by atoms with Crippen LogP contribution in [0.3, 0.4) is 0 Å². The van der Waals surface area contributed by atoms with E-state index >= 15 is 0 Å². The van der Waals surface area contributed by atoms with Gasteiger partial charge in [-0.05, 0) is 13.3 Å². The van der Waals surface area contributed by atoms with Gasteiger partial charge in [0.15, 0.2) is 0 Å². The second-order valence-corrected chi connectivity index (χ2v) is 5.99. The fraction of sp³-hybridized carbons (Fsp3) is 1.00. The van der Waals surface area contributed by atoms with Crippen LogP contribution in [-0.4, -0.2) is 26.8 Å². The van der Waals surface area contributed by atoms with Crippen LogP contribution in [0.5, 0.6) is 0 Å². The second kappa shape index (κ2) is 3.37. The normalized spacial score (nSPS) is 26.7. The lowest BCUT2D eigenvalue weighted by atomic mass is 10.2. The number of thioether (sulfide) groups is 2. The molecule has 3 heteroatoms. The van der Waals surface area contributed by atoms with E-state index in [0.29, 0.717) is 0 Å². The second-order valence-electron chi connectivity index (χ2n) is 2.64. The van der Waals surface area contributed by atoms with Gasteiger partial charge in [0.2, 0.25) is 0 Å². The average molecular weight is 178 g/mol. The first-order valence-electron chi connectivity index (χ1n) is 3.65. The van der Waals surface area contributed by atoms with Crippen molar-refractivity contribution in [3.63, 3.8) is 0 Å². The molecule has 0 aromatic heterocycles. The number of aliphatic hydroxyl groups is 1. The van der Waals surface area contributed by atoms with E-state index in [0.717, 1.165) is 6.42 Å². The molecule has 1 unspecified atom stereocenters. The highest BCUT2D eigenvalue weighted by Crippen LogP contribution is 2.46. The molecule has 1 saturated heterocycles. The van der Waals surface area contributed by atoms with E-state index < -0.39 is 0 Å². The first-order chi connectivity index (χ1) is 4.69. The van der Waals surface area contributed by atoms with Crippen LogP contribution in [-0.2, 0) is 0 Å². The van der Waals surface area contributed by atoms with Crippen LogP contribution in [0.4, 0.5) is 0 Å². The SMILES string of the molecule is CCC(O)C1(C)SCCS1. The van der Waals surface area contributed by atoms with Gasteiger partial charge in [-0.1, -0.05) is 6.92 Å². The van der Waals surface area contributed by atoms with Gasteiger partial charge < -0.3 is 5.11 Å². The molecule has 0 aromatic carbocycles. The van der Waals surface area contributed by atoms with Crippen molar-refractivity contribution in [2.24, 2.45) is 0 Å². The molecule has 0 saturated carbocycles. The van der Waals surface area contributed by atoms with Gasteiger partial charge in [-0.25, -0.2) is 0 Å². The Bertz CT molecular complexity index is 110. The molecule has 1 atom stereocenters. The molecule has 0 aromatic rings. The maximum absolute atomic E-state index is 9.58. The zero-order valence-corrected chi connectivity index (χ0v) is 8.10. The summed E-state index contributed by atoms with van der Waals surface area (Å²) in [7, 11) is 0. The summed E-state index contributed by atoms with van der Waals surface area (Å²) in [6.45, 7) is 4.18. The first-order valence-corrected chi connectivity index (χ1v) is 5.62. The topological polar surface area (TPSA) is 20.2 Å². The monoisotopic (exact) mass is 178 g/mol. The maximum Gasteiger partial charge on any atom is 0.0841 e. The Morgan fingerprint density at radius 2 is 2.00 bits per heavy atom. The first kappa shape index (κ1) is 8.75. The van der Waals surface area contributed by atoms with Crippen molar-refractivity contribution in [3.8, 4) is 0 Å². The van der Waals surface area contributed by atoms with Gasteiger partial charge in [0, 0.05) is 11.5 Å². The summed E-state index contributed by atoms with van der Waals surface area (Å²) >= 11 is 3.78. The zero-order valence-electron chi connectivity index (χ0n) is 6.46. The van der Waals surface area contributed by atoms with Gasteiger partial charge in [0.25, 0.3) is 0 Å². The van der Waals surface area contributed by atoms with E-state index in [1.54, 1.807) is 0 Å². The van der Waals surface area contributed by atoms with Crippen LogP contribution in [0, 0.1) is 0 Å². The minimum Gasteiger partial charge on any atom is -0.391 e. The van der Waals surface area contributed by atoms with E-state index in [1.807, 2.05) is 30.4 Å². The predicted molar refractivity (Wildman–Crippen MR) is 49.6 cm³/mol. The maximum atomic E-state index is 9.58. The largest absolute Gasteiger partial charge is 0.391 e. The van der Waals surface area contributed by atoms with E-state index in [1.165, 1.54) is 11.5 Å². The number of hydrogen-bond acceptors (Lipinski definition) is 3. The molecule has 0 radical (unpaired) electrons. The molecule has 10 heavy (non-hydrogen) atoms. The molecule has 1 N–H and O–H groups in total. The van der Waals surface area contributed by atoms with Crippen LogP contribution >= 0.6 is 23.5 Å². The third-order valence-corrected chi connectivity index (χ3v) is 5.33. The van der Waals surface area contributed by atoms with E-state index in [2.05, 4.69) is 6.92 Å². The standard InChI is InChI=1S/C7H14OS2/c1-3-6(8)7(2)9-4-5-10-7/h6,8H,3-5H2,1-2H3. The lowest BCUT2D eigenvalue weighted by Crippen LogP contribution is -2.29. The summed E-state index contributed by atoms with van der Waals surface area (Å²) in [5.74, 6) is 2.39. The molecule has 0 bridgehead atoms. The minimum absolute atomic E-state index is 0.0920. The molecule has 1 fully saturated rings. The highest BCUT2D eigenvalue weighted by Gasteiger charge is 2.36. The molecule has 0 spiro atoms. The summed E-state index contributed by atoms with van der Waals surface area (Å²) in [5.41, 5.74) is 0. The number of rotatable bonds is 2. The van der Waals surface area contributed by atoms with Gasteiger partial charge in [0.1, 0.15) is 0 Å². The number of hydrogen-bond donors (Lipinski definition) is 1. The molecule has 0 amide bonds. The Morgan fingerprint density at radius 3 is 2.40 bits per heavy atom. The lowest BCUT2D eigenvalue weighted by molar-refractivity contribution is 0.162. The average Bonchev–Trinajstić information content (AvgIpc) is 2.36. The summed E-state index contributed by atoms with van der Waals surface area (Å²) < 4.78 is 0.0920. The van der Waals surface area contributed by atoms with Gasteiger partial charge >= 0.3 is 0 Å². The summed E-state index contributed by atoms with van der Waals surface area (Å²) in [6, 6.07) is 0. The quantitative estimate of drug-likeness (QED) is 0.698. The molecular weight excluding hydrogens is 164 g/mol. The molecule has 0 aliphatic carbocycles. The third kappa shape index (κ3) is 1.63. The van der Waals surface area contributed by atoms with Gasteiger partial charge in [0.05, 0.1) is 10.2 Å². The van der Waals surface area contributed by atoms with Crippen molar-refractivity contribution in [3.05, 3.63) is 0 Å². The van der Waals surface area contributed by atoms with Gasteiger partial charge in [-0.2, -0.15) is 0 Å². The Hall–Kier alpha value is 0.660. The van der Waals surface area contributed by atoms with Crippen LogP contribution in [0.2, 0.25) is 0 Å². The Balaban J connectivity index is 2.49. The number of aliphatic hydroxyl groups excluding tert-OH is 1. The Kier molecular flexibility index (Phi) is 2.95. The van der Waals surface area contributed by atoms with Crippen LogP contribution < -0.4 is 0 Å². The lowest BCUT2D eigenvalue weighted by Gasteiger charge is -2.26. The molecule has 1 rings (SSSR count). The highest BCUT2D eigenvalue weighted by molar-refractivity contribution is 8.21. The van der Waals surface area contributed by atoms with E-state index in [9.17, 15) is 5.11 Å². The van der Waals surface area contributed by atoms with E-state index in [-0.39, 0.29) is 10.2 Å². The Labute approximate surface area is 71.0 Å². The molecule has 60 valence electrons. The van der Waals surface area contributed by atoms with Gasteiger partial charge in [-0.3, -0.25) is 0 Å². The predicted octanol–water partition coefficient (Wildman–Crippen LogP) is 1.95. The summed E-state index contributed by atoms with van der Waals surface area (Å²) in [6.07, 6.45) is 0.737. The summed E-state index contributed by atoms with van der Waals surface area (Å²) in [4.78, 5) is 0. The van der Waals surface area contributed by atoms with Crippen LogP contribution in [0.15, 0.2) is 0 Å². The van der Waals surface area contributed by atoms with Crippen LogP contribution in [0.1, 0.15) is 20.3 Å². The van der Waals surface area contributed by atoms with E-state index in [4.69, 9.17) is 0 Å². The fourth-order valence-corrected chi connectivity index (χ4v) is 4.12. The molecule has 1 nitrogen and oxygen atoms in total. The molecule has 1 heterocycles. The fourth-order valence-electron chi connectivity index (χ4n) is 1.09. The molecule has 1 aliphatic heterocycles. The van der Waals surface area contributed by atoms with Crippen molar-refractivity contribution < 1.29 is 5.11 Å². The van der Waals surface area contributed by atoms with Crippen molar-refractivity contribution in [1.82, 2.24) is 0 Å². The smallest absolute Gasteiger partial charge is 0.0841 e. The van der Waals surface area contributed by atoms with Crippen molar-refractivity contribution in [2.75, 3.05) is 11.5 Å². The zero-order chi connectivity index (χ0) is 7.61. The highest BCUT2D eigenvalue weighted by atomic mass is 32.2. The van der Waals surface area contributed by atoms with Crippen molar-refractivity contribution in [2.45, 2.75) is 30.5 Å². The Morgan fingerprint density at radius 1 is 1.50 bits per heavy atom. The van der Waals surface area contributed by atoms with Gasteiger partial charge in [-0.15, -0.1) is 23.5 Å². The summed E-state index contributed by atoms with van der Waals surface area (Å²) in [5, 5.41) is 9.58. The molecule has 1 aliphatic rings. The van der Waals surface area contributed by atoms with Crippen molar-refractivity contribution >= 4 is 23.5 Å². The van der Waals surface area contributed by atoms with Crippen molar-refractivity contribution in [1.29, 1.82) is 0 Å². The minimum atomic E-state index is -0.134. The third-order valence-electron chi connectivity index (χ3n) is 1.85. The molecular formula is C7H14OS2. The van der Waals surface area contributed by atoms with Crippen LogP contribution in [0.25, 0.3) is 0 Å².